The van der Waals surface area contributed by atoms with Crippen LogP contribution in [0.3, 0.4) is 0 Å². The summed E-state index contributed by atoms with van der Waals surface area (Å²) in [6, 6.07) is 10.9. The number of benzene rings is 1. The van der Waals surface area contributed by atoms with Gasteiger partial charge in [0.05, 0.1) is 11.3 Å². The van der Waals surface area contributed by atoms with E-state index in [1.807, 2.05) is 13.0 Å². The van der Waals surface area contributed by atoms with Gasteiger partial charge in [0.2, 0.25) is 5.91 Å². The van der Waals surface area contributed by atoms with E-state index in [2.05, 4.69) is 14.8 Å². The number of primary amides is 1. The summed E-state index contributed by atoms with van der Waals surface area (Å²) in [5, 5.41) is 4.45. The fourth-order valence-electron chi connectivity index (χ4n) is 2.33. The van der Waals surface area contributed by atoms with Crippen molar-refractivity contribution in [2.75, 3.05) is 0 Å². The number of hydrogen-bond acceptors (Lipinski definition) is 4. The molecule has 26 heavy (non-hydrogen) atoms. The number of alkyl halides is 3. The van der Waals surface area contributed by atoms with Gasteiger partial charge in [-0.15, -0.1) is 8.78 Å². The van der Waals surface area contributed by atoms with Gasteiger partial charge < -0.3 is 10.5 Å². The monoisotopic (exact) mass is 378 g/mol. The first-order valence-electron chi connectivity index (χ1n) is 7.42. The lowest BCUT2D eigenvalue weighted by atomic mass is 10.1. The van der Waals surface area contributed by atoms with E-state index in [1.54, 1.807) is 28.9 Å². The van der Waals surface area contributed by atoms with Crippen molar-refractivity contribution in [3.05, 3.63) is 59.9 Å². The molecule has 0 aliphatic carbocycles. The van der Waals surface area contributed by atoms with Crippen molar-refractivity contribution in [1.82, 2.24) is 14.8 Å². The standard InChI is InChI=1S/C17H13ClF2N4O2/c1-10-8-14(11-2-5-13(6-3-11)26-17(18,19)20)23-24(10)15-7-4-12(9-22-15)16(21)25/h2-9H,1H3,(H2,21,25). The van der Waals surface area contributed by atoms with Crippen LogP contribution in [0.15, 0.2) is 48.7 Å². The van der Waals surface area contributed by atoms with Gasteiger partial charge in [0.1, 0.15) is 5.75 Å². The largest absolute Gasteiger partial charge is 0.487 e. The van der Waals surface area contributed by atoms with Crippen molar-refractivity contribution in [2.24, 2.45) is 5.73 Å². The number of halogens is 3. The predicted molar refractivity (Wildman–Crippen MR) is 91.5 cm³/mol. The third-order valence-corrected chi connectivity index (χ3v) is 3.60. The van der Waals surface area contributed by atoms with Gasteiger partial charge in [-0.25, -0.2) is 9.67 Å². The number of pyridine rings is 1. The molecular weight excluding hydrogens is 366 g/mol. The number of carbonyl (C=O) groups excluding carboxylic acids is 1. The van der Waals surface area contributed by atoms with Crippen molar-refractivity contribution in [3.63, 3.8) is 0 Å². The molecule has 9 heteroatoms. The maximum Gasteiger partial charge on any atom is 0.487 e. The van der Waals surface area contributed by atoms with E-state index in [1.165, 1.54) is 18.3 Å². The van der Waals surface area contributed by atoms with Crippen LogP contribution in [0.2, 0.25) is 0 Å². The molecule has 0 unspecified atom stereocenters. The molecule has 1 aromatic carbocycles. The summed E-state index contributed by atoms with van der Waals surface area (Å²) < 4.78 is 31.2. The molecule has 1 amide bonds. The molecule has 0 radical (unpaired) electrons. The third kappa shape index (κ3) is 3.97. The number of ether oxygens (including phenoxy) is 1. The zero-order valence-corrected chi connectivity index (χ0v) is 14.2. The van der Waals surface area contributed by atoms with Crippen molar-refractivity contribution in [3.8, 4) is 22.8 Å². The summed E-state index contributed by atoms with van der Waals surface area (Å²) in [5.41, 5.74) is 3.85. The number of aryl methyl sites for hydroxylation is 1. The third-order valence-electron chi connectivity index (χ3n) is 3.52. The highest BCUT2D eigenvalue weighted by atomic mass is 35.5. The SMILES string of the molecule is Cc1cc(-c2ccc(OC(F)(F)Cl)cc2)nn1-c1ccc(C(N)=O)cn1. The second-order valence-electron chi connectivity index (χ2n) is 5.42. The molecule has 0 bridgehead atoms. The van der Waals surface area contributed by atoms with Gasteiger partial charge in [-0.1, -0.05) is 0 Å². The van der Waals surface area contributed by atoms with E-state index in [-0.39, 0.29) is 5.75 Å². The number of amides is 1. The molecule has 2 aromatic heterocycles. The quantitative estimate of drug-likeness (QED) is 0.689. The van der Waals surface area contributed by atoms with Crippen LogP contribution in [-0.2, 0) is 0 Å². The summed E-state index contributed by atoms with van der Waals surface area (Å²) >= 11 is 4.74. The van der Waals surface area contributed by atoms with Gasteiger partial charge in [-0.05, 0) is 49.4 Å². The van der Waals surface area contributed by atoms with E-state index >= 15 is 0 Å². The Morgan fingerprint density at radius 3 is 2.46 bits per heavy atom. The van der Waals surface area contributed by atoms with E-state index in [0.717, 1.165) is 5.69 Å². The normalized spacial score (nSPS) is 11.4. The minimum atomic E-state index is -3.76. The van der Waals surface area contributed by atoms with E-state index < -0.39 is 11.5 Å². The first-order chi connectivity index (χ1) is 12.2. The average Bonchev–Trinajstić information content (AvgIpc) is 2.96. The maximum atomic E-state index is 12.6. The van der Waals surface area contributed by atoms with Crippen molar-refractivity contribution >= 4 is 17.5 Å². The minimum Gasteiger partial charge on any atom is -0.420 e. The zero-order chi connectivity index (χ0) is 18.9. The van der Waals surface area contributed by atoms with Crippen LogP contribution in [0.5, 0.6) is 5.75 Å². The second-order valence-corrected chi connectivity index (χ2v) is 5.86. The number of aromatic nitrogens is 3. The molecule has 0 atom stereocenters. The molecule has 6 nitrogen and oxygen atoms in total. The Balaban J connectivity index is 1.87. The Kier molecular flexibility index (Phi) is 4.60. The Labute approximate surface area is 152 Å². The lowest BCUT2D eigenvalue weighted by Gasteiger charge is -2.10. The van der Waals surface area contributed by atoms with Crippen LogP contribution in [0.1, 0.15) is 16.1 Å². The van der Waals surface area contributed by atoms with Crippen LogP contribution in [0.4, 0.5) is 8.78 Å². The Morgan fingerprint density at radius 1 is 1.23 bits per heavy atom. The van der Waals surface area contributed by atoms with Crippen molar-refractivity contribution in [1.29, 1.82) is 0 Å². The summed E-state index contributed by atoms with van der Waals surface area (Å²) in [6.45, 7) is 1.84. The van der Waals surface area contributed by atoms with Crippen LogP contribution < -0.4 is 10.5 Å². The van der Waals surface area contributed by atoms with Gasteiger partial charge in [0, 0.05) is 29.1 Å². The molecule has 134 valence electrons. The smallest absolute Gasteiger partial charge is 0.420 e. The molecule has 0 aliphatic rings. The van der Waals surface area contributed by atoms with Gasteiger partial charge in [0.15, 0.2) is 5.82 Å². The predicted octanol–water partition coefficient (Wildman–Crippen LogP) is 3.51. The van der Waals surface area contributed by atoms with Gasteiger partial charge in [-0.3, -0.25) is 4.79 Å². The van der Waals surface area contributed by atoms with Crippen LogP contribution in [-0.4, -0.2) is 26.2 Å². The molecule has 0 spiro atoms. The summed E-state index contributed by atoms with van der Waals surface area (Å²) in [6.07, 6.45) is 1.37. The lowest BCUT2D eigenvalue weighted by molar-refractivity contribution is -0.0964. The lowest BCUT2D eigenvalue weighted by Crippen LogP contribution is -2.15. The number of carbonyl (C=O) groups is 1. The molecule has 2 heterocycles. The first kappa shape index (κ1) is 17.8. The fourth-order valence-corrected chi connectivity index (χ4v) is 2.42. The van der Waals surface area contributed by atoms with E-state index in [0.29, 0.717) is 22.6 Å². The van der Waals surface area contributed by atoms with Crippen molar-refractivity contribution < 1.29 is 18.3 Å². The Morgan fingerprint density at radius 2 is 1.92 bits per heavy atom. The molecule has 3 aromatic rings. The molecule has 0 aliphatic heterocycles. The molecular formula is C17H13ClF2N4O2. The van der Waals surface area contributed by atoms with Crippen LogP contribution in [0, 0.1) is 6.92 Å². The highest BCUT2D eigenvalue weighted by Crippen LogP contribution is 2.28. The number of nitrogens with zero attached hydrogens (tertiary/aromatic N) is 3. The molecule has 3 rings (SSSR count). The topological polar surface area (TPSA) is 83.0 Å². The summed E-state index contributed by atoms with van der Waals surface area (Å²) in [4.78, 5) is 15.3. The molecule has 0 fully saturated rings. The maximum absolute atomic E-state index is 12.6. The molecule has 2 N–H and O–H groups in total. The Hall–Kier alpha value is -3.00. The number of hydrogen-bond donors (Lipinski definition) is 1. The summed E-state index contributed by atoms with van der Waals surface area (Å²) in [5.74, 6) is -0.110. The molecule has 0 saturated carbocycles. The first-order valence-corrected chi connectivity index (χ1v) is 7.80. The number of nitrogens with two attached hydrogens (primary N) is 1. The van der Waals surface area contributed by atoms with Crippen LogP contribution >= 0.6 is 11.6 Å². The highest BCUT2D eigenvalue weighted by molar-refractivity contribution is 6.20. The minimum absolute atomic E-state index is 0.0615. The fraction of sp³-hybridized carbons (Fsp3) is 0.118. The summed E-state index contributed by atoms with van der Waals surface area (Å²) in [7, 11) is 0. The van der Waals surface area contributed by atoms with E-state index in [9.17, 15) is 13.6 Å². The van der Waals surface area contributed by atoms with Gasteiger partial charge in [0.25, 0.3) is 0 Å². The van der Waals surface area contributed by atoms with Gasteiger partial charge >= 0.3 is 5.57 Å². The van der Waals surface area contributed by atoms with Gasteiger partial charge in [-0.2, -0.15) is 5.10 Å². The molecule has 0 saturated heterocycles. The second kappa shape index (κ2) is 6.72. The number of rotatable bonds is 5. The van der Waals surface area contributed by atoms with Crippen molar-refractivity contribution in [2.45, 2.75) is 12.5 Å². The van der Waals surface area contributed by atoms with Crippen LogP contribution in [0.25, 0.3) is 17.1 Å². The Bertz CT molecular complexity index is 935. The van der Waals surface area contributed by atoms with E-state index in [4.69, 9.17) is 17.3 Å². The average molecular weight is 379 g/mol. The zero-order valence-electron chi connectivity index (χ0n) is 13.5. The highest BCUT2D eigenvalue weighted by Gasteiger charge is 2.27.